The zero-order chi connectivity index (χ0) is 13.7. The molecule has 0 amide bonds. The Kier molecular flexibility index (Phi) is 5.05. The number of nitrogens with zero attached hydrogens (tertiary/aromatic N) is 1. The Morgan fingerprint density at radius 2 is 2.21 bits per heavy atom. The smallest absolute Gasteiger partial charge is 0.123 e. The van der Waals surface area contributed by atoms with Crippen molar-refractivity contribution in [3.05, 3.63) is 64.1 Å². The van der Waals surface area contributed by atoms with Crippen molar-refractivity contribution in [3.63, 3.8) is 0 Å². The number of halogens is 2. The highest BCUT2D eigenvalue weighted by Crippen LogP contribution is 2.26. The van der Waals surface area contributed by atoms with E-state index in [-0.39, 0.29) is 11.9 Å². The molecule has 19 heavy (non-hydrogen) atoms. The van der Waals surface area contributed by atoms with Crippen molar-refractivity contribution in [1.82, 2.24) is 10.3 Å². The number of aromatic nitrogens is 1. The molecule has 100 valence electrons. The molecule has 2 aromatic rings. The van der Waals surface area contributed by atoms with E-state index < -0.39 is 0 Å². The normalized spacial score (nSPS) is 12.4. The van der Waals surface area contributed by atoms with E-state index in [4.69, 9.17) is 0 Å². The molecular formula is C15H16BrFN2. The van der Waals surface area contributed by atoms with Crippen LogP contribution in [0.2, 0.25) is 0 Å². The Hall–Kier alpha value is -1.26. The summed E-state index contributed by atoms with van der Waals surface area (Å²) in [5, 5.41) is 3.39. The van der Waals surface area contributed by atoms with Gasteiger partial charge in [-0.2, -0.15) is 0 Å². The molecule has 4 heteroatoms. The van der Waals surface area contributed by atoms with Crippen LogP contribution in [0.3, 0.4) is 0 Å². The van der Waals surface area contributed by atoms with Crippen molar-refractivity contribution < 1.29 is 4.39 Å². The van der Waals surface area contributed by atoms with Gasteiger partial charge < -0.3 is 5.32 Å². The molecule has 0 spiro atoms. The van der Waals surface area contributed by atoms with Gasteiger partial charge in [-0.25, -0.2) is 4.39 Å². The lowest BCUT2D eigenvalue weighted by Crippen LogP contribution is -2.23. The van der Waals surface area contributed by atoms with E-state index in [0.717, 1.165) is 28.6 Å². The number of hydrogen-bond donors (Lipinski definition) is 1. The summed E-state index contributed by atoms with van der Waals surface area (Å²) < 4.78 is 14.3. The Balaban J connectivity index is 2.27. The van der Waals surface area contributed by atoms with E-state index >= 15 is 0 Å². The van der Waals surface area contributed by atoms with Crippen LogP contribution in [0.1, 0.15) is 24.1 Å². The Morgan fingerprint density at radius 1 is 1.37 bits per heavy atom. The third-order valence-corrected chi connectivity index (χ3v) is 3.67. The molecule has 1 aromatic carbocycles. The minimum Gasteiger partial charge on any atom is -0.310 e. The number of likely N-dealkylation sites (N-methyl/N-ethyl adjacent to an activating group) is 1. The summed E-state index contributed by atoms with van der Waals surface area (Å²) in [7, 11) is 0. The van der Waals surface area contributed by atoms with Crippen LogP contribution in [0.5, 0.6) is 0 Å². The third-order valence-electron chi connectivity index (χ3n) is 2.95. The van der Waals surface area contributed by atoms with Crippen LogP contribution in [0, 0.1) is 5.82 Å². The molecule has 0 radical (unpaired) electrons. The van der Waals surface area contributed by atoms with Gasteiger partial charge in [-0.3, -0.25) is 4.98 Å². The molecule has 0 bridgehead atoms. The van der Waals surface area contributed by atoms with Crippen LogP contribution in [0.4, 0.5) is 4.39 Å². The molecule has 1 heterocycles. The van der Waals surface area contributed by atoms with Gasteiger partial charge in [0.15, 0.2) is 0 Å². The van der Waals surface area contributed by atoms with Crippen LogP contribution in [0.25, 0.3) is 0 Å². The van der Waals surface area contributed by atoms with E-state index in [1.807, 2.05) is 25.3 Å². The predicted molar refractivity (Wildman–Crippen MR) is 78.5 cm³/mol. The van der Waals surface area contributed by atoms with Gasteiger partial charge in [0, 0.05) is 22.9 Å². The molecule has 2 rings (SSSR count). The van der Waals surface area contributed by atoms with Crippen molar-refractivity contribution in [2.24, 2.45) is 0 Å². The first-order chi connectivity index (χ1) is 9.20. The van der Waals surface area contributed by atoms with Crippen molar-refractivity contribution >= 4 is 15.9 Å². The van der Waals surface area contributed by atoms with Crippen LogP contribution < -0.4 is 5.32 Å². The van der Waals surface area contributed by atoms with Gasteiger partial charge in [-0.1, -0.05) is 28.9 Å². The van der Waals surface area contributed by atoms with Crippen molar-refractivity contribution in [2.75, 3.05) is 6.54 Å². The highest BCUT2D eigenvalue weighted by Gasteiger charge is 2.15. The molecule has 0 aliphatic carbocycles. The molecule has 1 atom stereocenters. The van der Waals surface area contributed by atoms with E-state index in [2.05, 4.69) is 26.2 Å². The highest BCUT2D eigenvalue weighted by molar-refractivity contribution is 9.10. The quantitative estimate of drug-likeness (QED) is 0.903. The number of hydrogen-bond acceptors (Lipinski definition) is 2. The van der Waals surface area contributed by atoms with E-state index in [9.17, 15) is 4.39 Å². The summed E-state index contributed by atoms with van der Waals surface area (Å²) in [5.74, 6) is -0.215. The molecule has 0 saturated heterocycles. The van der Waals surface area contributed by atoms with E-state index in [1.165, 1.54) is 6.07 Å². The van der Waals surface area contributed by atoms with E-state index in [1.54, 1.807) is 18.3 Å². The lowest BCUT2D eigenvalue weighted by atomic mass is 9.99. The van der Waals surface area contributed by atoms with Crippen molar-refractivity contribution in [2.45, 2.75) is 19.4 Å². The zero-order valence-corrected chi connectivity index (χ0v) is 12.3. The van der Waals surface area contributed by atoms with Crippen LogP contribution in [-0.2, 0) is 6.42 Å². The largest absolute Gasteiger partial charge is 0.310 e. The summed E-state index contributed by atoms with van der Waals surface area (Å²) in [6.07, 6.45) is 4.38. The summed E-state index contributed by atoms with van der Waals surface area (Å²) in [6.45, 7) is 2.87. The number of rotatable bonds is 5. The standard InChI is InChI=1S/C15H16BrFN2/c1-2-19-15(8-11-4-3-7-18-10-11)13-9-12(17)5-6-14(13)16/h3-7,9-10,15,19H,2,8H2,1H3. The van der Waals surface area contributed by atoms with Gasteiger partial charge >= 0.3 is 0 Å². The molecular weight excluding hydrogens is 307 g/mol. The molecule has 1 unspecified atom stereocenters. The zero-order valence-electron chi connectivity index (χ0n) is 10.7. The summed E-state index contributed by atoms with van der Waals surface area (Å²) >= 11 is 3.49. The summed E-state index contributed by atoms with van der Waals surface area (Å²) in [5.41, 5.74) is 2.07. The minimum absolute atomic E-state index is 0.0688. The molecule has 0 saturated carbocycles. The number of nitrogens with one attached hydrogen (secondary N) is 1. The first kappa shape index (κ1) is 14.2. The second-order valence-electron chi connectivity index (χ2n) is 4.34. The topological polar surface area (TPSA) is 24.9 Å². The van der Waals surface area contributed by atoms with Crippen LogP contribution >= 0.6 is 15.9 Å². The second-order valence-corrected chi connectivity index (χ2v) is 5.20. The highest BCUT2D eigenvalue weighted by atomic mass is 79.9. The van der Waals surface area contributed by atoms with Gasteiger partial charge in [0.05, 0.1) is 0 Å². The summed E-state index contributed by atoms with van der Waals surface area (Å²) in [4.78, 5) is 4.12. The molecule has 1 N–H and O–H groups in total. The molecule has 0 aliphatic rings. The van der Waals surface area contributed by atoms with Crippen molar-refractivity contribution in [1.29, 1.82) is 0 Å². The first-order valence-corrected chi connectivity index (χ1v) is 7.07. The fourth-order valence-electron chi connectivity index (χ4n) is 2.07. The number of benzene rings is 1. The monoisotopic (exact) mass is 322 g/mol. The fraction of sp³-hybridized carbons (Fsp3) is 0.267. The van der Waals surface area contributed by atoms with Gasteiger partial charge in [0.1, 0.15) is 5.82 Å². The lowest BCUT2D eigenvalue weighted by molar-refractivity contribution is 0.540. The molecule has 0 fully saturated rings. The minimum atomic E-state index is -0.215. The maximum Gasteiger partial charge on any atom is 0.123 e. The fourth-order valence-corrected chi connectivity index (χ4v) is 2.60. The number of pyridine rings is 1. The average molecular weight is 323 g/mol. The van der Waals surface area contributed by atoms with Gasteiger partial charge in [0.2, 0.25) is 0 Å². The molecule has 2 nitrogen and oxygen atoms in total. The van der Waals surface area contributed by atoms with Gasteiger partial charge in [-0.15, -0.1) is 0 Å². The van der Waals surface area contributed by atoms with Gasteiger partial charge in [0.25, 0.3) is 0 Å². The maximum absolute atomic E-state index is 13.4. The van der Waals surface area contributed by atoms with Crippen LogP contribution in [0.15, 0.2) is 47.2 Å². The molecule has 1 aromatic heterocycles. The van der Waals surface area contributed by atoms with Gasteiger partial charge in [-0.05, 0) is 48.4 Å². The Labute approximate surface area is 121 Å². The molecule has 0 aliphatic heterocycles. The third kappa shape index (κ3) is 3.85. The second kappa shape index (κ2) is 6.78. The lowest BCUT2D eigenvalue weighted by Gasteiger charge is -2.20. The summed E-state index contributed by atoms with van der Waals surface area (Å²) in [6, 6.07) is 8.80. The van der Waals surface area contributed by atoms with Crippen LogP contribution in [-0.4, -0.2) is 11.5 Å². The maximum atomic E-state index is 13.4. The first-order valence-electron chi connectivity index (χ1n) is 6.28. The van der Waals surface area contributed by atoms with E-state index in [0.29, 0.717) is 0 Å². The SMILES string of the molecule is CCNC(Cc1cccnc1)c1cc(F)ccc1Br. The Bertz CT molecular complexity index is 531. The predicted octanol–water partition coefficient (Wildman–Crippen LogP) is 3.88. The Morgan fingerprint density at radius 3 is 2.89 bits per heavy atom. The average Bonchev–Trinajstić information content (AvgIpc) is 2.42. The van der Waals surface area contributed by atoms with Crippen molar-refractivity contribution in [3.8, 4) is 0 Å².